The van der Waals surface area contributed by atoms with Crippen molar-refractivity contribution in [3.63, 3.8) is 0 Å². The van der Waals surface area contributed by atoms with Crippen LogP contribution < -0.4 is 0 Å². The fourth-order valence-corrected chi connectivity index (χ4v) is 2.48. The van der Waals surface area contributed by atoms with Gasteiger partial charge in [0.15, 0.2) is 0 Å². The average molecular weight is 319 g/mol. The molecule has 1 saturated heterocycles. The third-order valence-electron chi connectivity index (χ3n) is 2.57. The molecule has 0 bridgehead atoms. The van der Waals surface area contributed by atoms with E-state index in [9.17, 15) is 9.18 Å². The predicted molar refractivity (Wildman–Crippen MR) is 64.3 cm³/mol. The van der Waals surface area contributed by atoms with Crippen molar-refractivity contribution in [1.29, 1.82) is 0 Å². The van der Waals surface area contributed by atoms with Gasteiger partial charge in [0.25, 0.3) is 5.91 Å². The third-order valence-corrected chi connectivity index (χ3v) is 3.47. The number of carbonyl (C=O) groups is 1. The second-order valence-corrected chi connectivity index (χ2v) is 4.76. The number of carbonyl (C=O) groups excluding carboxylic acids is 1. The molecule has 2 rings (SSSR count). The van der Waals surface area contributed by atoms with E-state index in [1.165, 1.54) is 6.07 Å². The summed E-state index contributed by atoms with van der Waals surface area (Å²) in [5, 5.41) is 0. The number of hydrogen-bond acceptors (Lipinski definition) is 1. The Hall–Kier alpha value is -0.650. The molecule has 0 radical (unpaired) electrons. The number of hydrogen-bond donors (Lipinski definition) is 0. The number of benzene rings is 1. The van der Waals surface area contributed by atoms with Crippen LogP contribution in [0.1, 0.15) is 23.2 Å². The van der Waals surface area contributed by atoms with Crippen LogP contribution in [0.15, 0.2) is 18.2 Å². The quantitative estimate of drug-likeness (QED) is 0.729. The van der Waals surface area contributed by atoms with Crippen LogP contribution in [0.4, 0.5) is 4.39 Å². The zero-order valence-corrected chi connectivity index (χ0v) is 10.3. The van der Waals surface area contributed by atoms with E-state index in [2.05, 4.69) is 0 Å². The minimum absolute atomic E-state index is 0.171. The molecule has 1 fully saturated rings. The van der Waals surface area contributed by atoms with Gasteiger partial charge in [-0.3, -0.25) is 4.79 Å². The van der Waals surface area contributed by atoms with E-state index in [-0.39, 0.29) is 11.5 Å². The highest BCUT2D eigenvalue weighted by Crippen LogP contribution is 2.20. The Kier molecular flexibility index (Phi) is 3.23. The van der Waals surface area contributed by atoms with Crippen LogP contribution in [-0.2, 0) is 0 Å². The van der Waals surface area contributed by atoms with Crippen LogP contribution in [0.5, 0.6) is 0 Å². The molecule has 1 aliphatic heterocycles. The number of amides is 1. The third kappa shape index (κ3) is 2.14. The molecule has 1 aromatic rings. The molecule has 0 spiro atoms. The Morgan fingerprint density at radius 3 is 2.60 bits per heavy atom. The molecule has 1 aliphatic rings. The normalized spacial score (nSPS) is 15.7. The van der Waals surface area contributed by atoms with Crippen LogP contribution in [-0.4, -0.2) is 23.9 Å². The van der Waals surface area contributed by atoms with Crippen LogP contribution in [0, 0.1) is 9.39 Å². The van der Waals surface area contributed by atoms with Crippen molar-refractivity contribution in [3.8, 4) is 0 Å². The average Bonchev–Trinajstić information content (AvgIpc) is 2.69. The first kappa shape index (κ1) is 10.9. The summed E-state index contributed by atoms with van der Waals surface area (Å²) < 4.78 is 14.2. The molecule has 0 unspecified atom stereocenters. The summed E-state index contributed by atoms with van der Waals surface area (Å²) in [5.74, 6) is -0.589. The zero-order valence-electron chi connectivity index (χ0n) is 8.17. The van der Waals surface area contributed by atoms with Gasteiger partial charge in [-0.05, 0) is 47.6 Å². The van der Waals surface area contributed by atoms with Crippen molar-refractivity contribution >= 4 is 28.5 Å². The molecule has 1 aromatic carbocycles. The second kappa shape index (κ2) is 4.47. The van der Waals surface area contributed by atoms with Gasteiger partial charge in [-0.1, -0.05) is 6.07 Å². The van der Waals surface area contributed by atoms with Gasteiger partial charge >= 0.3 is 0 Å². The van der Waals surface area contributed by atoms with Crippen molar-refractivity contribution in [2.45, 2.75) is 12.8 Å². The molecule has 0 saturated carbocycles. The van der Waals surface area contributed by atoms with Gasteiger partial charge in [0, 0.05) is 16.7 Å². The smallest absolute Gasteiger partial charge is 0.257 e. The molecule has 1 heterocycles. The van der Waals surface area contributed by atoms with Gasteiger partial charge in [0.2, 0.25) is 0 Å². The lowest BCUT2D eigenvalue weighted by molar-refractivity contribution is 0.0787. The van der Waals surface area contributed by atoms with Crippen LogP contribution >= 0.6 is 22.6 Å². The van der Waals surface area contributed by atoms with E-state index in [1.54, 1.807) is 17.0 Å². The molecule has 0 atom stereocenters. The number of rotatable bonds is 1. The highest BCUT2D eigenvalue weighted by atomic mass is 127. The van der Waals surface area contributed by atoms with Crippen LogP contribution in [0.2, 0.25) is 0 Å². The second-order valence-electron chi connectivity index (χ2n) is 3.60. The highest BCUT2D eigenvalue weighted by Gasteiger charge is 2.23. The largest absolute Gasteiger partial charge is 0.339 e. The highest BCUT2D eigenvalue weighted by molar-refractivity contribution is 14.1. The Morgan fingerprint density at radius 2 is 2.00 bits per heavy atom. The molecule has 15 heavy (non-hydrogen) atoms. The first-order chi connectivity index (χ1) is 7.20. The summed E-state index contributed by atoms with van der Waals surface area (Å²) in [6.07, 6.45) is 2.05. The summed E-state index contributed by atoms with van der Waals surface area (Å²) in [6, 6.07) is 4.72. The molecule has 0 aromatic heterocycles. The molecule has 1 amide bonds. The van der Waals surface area contributed by atoms with Gasteiger partial charge in [0.1, 0.15) is 5.82 Å². The van der Waals surface area contributed by atoms with Crippen molar-refractivity contribution in [1.82, 2.24) is 4.90 Å². The van der Waals surface area contributed by atoms with Crippen LogP contribution in [0.3, 0.4) is 0 Å². The molecule has 2 nitrogen and oxygen atoms in total. The van der Waals surface area contributed by atoms with Gasteiger partial charge in [-0.15, -0.1) is 0 Å². The maximum Gasteiger partial charge on any atom is 0.257 e. The maximum atomic E-state index is 13.5. The summed E-state index contributed by atoms with van der Waals surface area (Å²) >= 11 is 2.00. The van der Waals surface area contributed by atoms with Gasteiger partial charge < -0.3 is 4.90 Å². The maximum absolute atomic E-state index is 13.5. The lowest BCUT2D eigenvalue weighted by Gasteiger charge is -2.16. The monoisotopic (exact) mass is 319 g/mol. The summed E-state index contributed by atoms with van der Waals surface area (Å²) in [5.41, 5.74) is 0.222. The van der Waals surface area contributed by atoms with E-state index >= 15 is 0 Å². The topological polar surface area (TPSA) is 20.3 Å². The van der Waals surface area contributed by atoms with E-state index in [0.717, 1.165) is 25.9 Å². The minimum Gasteiger partial charge on any atom is -0.339 e. The van der Waals surface area contributed by atoms with Crippen molar-refractivity contribution < 1.29 is 9.18 Å². The number of nitrogens with zero attached hydrogens (tertiary/aromatic N) is 1. The van der Waals surface area contributed by atoms with Gasteiger partial charge in [0.05, 0.1) is 5.56 Å². The lowest BCUT2D eigenvalue weighted by Crippen LogP contribution is -2.29. The summed E-state index contributed by atoms with van der Waals surface area (Å²) in [6.45, 7) is 1.51. The fraction of sp³-hybridized carbons (Fsp3) is 0.364. The van der Waals surface area contributed by atoms with Gasteiger partial charge in [-0.2, -0.15) is 0 Å². The van der Waals surface area contributed by atoms with Gasteiger partial charge in [-0.25, -0.2) is 4.39 Å². The first-order valence-corrected chi connectivity index (χ1v) is 6.01. The zero-order chi connectivity index (χ0) is 10.8. The van der Waals surface area contributed by atoms with E-state index in [1.807, 2.05) is 22.6 Å². The Morgan fingerprint density at radius 1 is 1.33 bits per heavy atom. The fourth-order valence-electron chi connectivity index (χ4n) is 1.78. The van der Waals surface area contributed by atoms with Crippen molar-refractivity contribution in [2.75, 3.05) is 13.1 Å². The van der Waals surface area contributed by atoms with Crippen LogP contribution in [0.25, 0.3) is 0 Å². The summed E-state index contributed by atoms with van der Waals surface area (Å²) in [7, 11) is 0. The molecule has 80 valence electrons. The SMILES string of the molecule is O=C(c1c(F)cccc1I)N1CCCC1. The molecular weight excluding hydrogens is 308 g/mol. The number of likely N-dealkylation sites (tertiary alicyclic amines) is 1. The van der Waals surface area contributed by atoms with Crippen molar-refractivity contribution in [3.05, 3.63) is 33.1 Å². The first-order valence-electron chi connectivity index (χ1n) is 4.93. The molecule has 4 heteroatoms. The predicted octanol–water partition coefficient (Wildman–Crippen LogP) is 2.67. The Balaban J connectivity index is 2.32. The Bertz CT molecular complexity index is 368. The Labute approximate surface area is 102 Å². The van der Waals surface area contributed by atoms with E-state index in [4.69, 9.17) is 0 Å². The standard InChI is InChI=1S/C11H11FINO/c12-8-4-3-5-9(13)10(8)11(15)14-6-1-2-7-14/h3-5H,1-2,6-7H2. The minimum atomic E-state index is -0.418. The lowest BCUT2D eigenvalue weighted by atomic mass is 10.2. The summed E-state index contributed by atoms with van der Waals surface area (Å²) in [4.78, 5) is 13.7. The molecule has 0 N–H and O–H groups in total. The van der Waals surface area contributed by atoms with E-state index in [0.29, 0.717) is 3.57 Å². The number of halogens is 2. The van der Waals surface area contributed by atoms with Crippen molar-refractivity contribution in [2.24, 2.45) is 0 Å². The molecule has 0 aliphatic carbocycles. The van der Waals surface area contributed by atoms with E-state index < -0.39 is 5.82 Å². The molecular formula is C11H11FINO.